The quantitative estimate of drug-likeness (QED) is 0.377. The fraction of sp³-hybridized carbons (Fsp3) is 0.538. The van der Waals surface area contributed by atoms with Crippen molar-refractivity contribution in [2.45, 2.75) is 70.5 Å². The molecular weight excluding hydrogens is 620 g/mol. The average Bonchev–Trinajstić information content (AvgIpc) is 3.57. The van der Waals surface area contributed by atoms with E-state index in [4.69, 9.17) is 24.8 Å². The number of hydrogen-bond donors (Lipinski definition) is 2. The van der Waals surface area contributed by atoms with Crippen LogP contribution in [0.15, 0.2) is 30.0 Å². The first kappa shape index (κ1) is 34.7. The molecule has 5 heterocycles. The topological polar surface area (TPSA) is 138 Å². The molecule has 0 atom stereocenters. The van der Waals surface area contributed by atoms with Crippen molar-refractivity contribution in [2.75, 3.05) is 24.5 Å². The second-order valence-corrected chi connectivity index (χ2v) is 11.4. The number of aromatic nitrogens is 5. The fourth-order valence-corrected chi connectivity index (χ4v) is 5.90. The highest BCUT2D eigenvalue weighted by Crippen LogP contribution is 2.43. The maximum atomic E-state index is 10.6. The molecule has 0 radical (unpaired) electrons. The summed E-state index contributed by atoms with van der Waals surface area (Å²) < 4.78 is 65.9. The number of fused-ring (bicyclic) bond motifs is 2. The van der Waals surface area contributed by atoms with E-state index in [1.807, 2.05) is 24.7 Å². The summed E-state index contributed by atoms with van der Waals surface area (Å²) in [6.45, 7) is 11.5. The molecule has 1 saturated heterocycles. The van der Waals surface area contributed by atoms with Gasteiger partial charge in [-0.15, -0.1) is 11.3 Å². The summed E-state index contributed by atoms with van der Waals surface area (Å²) in [7, 11) is 0. The van der Waals surface area contributed by atoms with Crippen molar-refractivity contribution in [1.29, 1.82) is 0 Å². The van der Waals surface area contributed by atoms with E-state index in [1.54, 1.807) is 11.3 Å². The molecule has 242 valence electrons. The molecule has 2 aliphatic rings. The number of carboxylic acid groups (broad SMARTS) is 2. The van der Waals surface area contributed by atoms with Gasteiger partial charge in [0.25, 0.3) is 0 Å². The average molecular weight is 652 g/mol. The number of hydrogen-bond acceptors (Lipinski definition) is 9. The maximum Gasteiger partial charge on any atom is 0.490 e. The number of carbonyl (C=O) groups is 2. The van der Waals surface area contributed by atoms with Gasteiger partial charge in [0.05, 0.1) is 17.9 Å². The minimum atomic E-state index is -5.08. The Hall–Kier alpha value is -3.80. The number of rotatable bonds is 4. The molecule has 5 rings (SSSR count). The number of imidazole rings is 1. The van der Waals surface area contributed by atoms with Crippen molar-refractivity contribution < 1.29 is 46.1 Å². The number of thiazole rings is 1. The minimum absolute atomic E-state index is 0.0843. The third kappa shape index (κ3) is 8.64. The first-order valence-electron chi connectivity index (χ1n) is 13.3. The number of alkyl halides is 6. The molecule has 0 aromatic carbocycles. The van der Waals surface area contributed by atoms with Gasteiger partial charge in [-0.2, -0.15) is 26.3 Å². The molecule has 11 nitrogen and oxygen atoms in total. The van der Waals surface area contributed by atoms with Gasteiger partial charge in [-0.3, -0.25) is 4.90 Å². The molecular formula is C26H31F6N7O4S. The standard InChI is InChI=1S/C22H29N7S.2C2HF3O2/c1-16(2)29-17(3)26-20-18(29)13-27(14-19-23-9-12-30-19)15-22(20)5-10-28(11-6-22)21-24-7-4-8-25-21;2*3-2(4,5)1(6)7/h4,7-9,12,16H,5-6,10-11,13-15H2,1-3H3;2*(H,6,7). The molecule has 0 unspecified atom stereocenters. The van der Waals surface area contributed by atoms with Crippen LogP contribution < -0.4 is 4.90 Å². The predicted octanol–water partition coefficient (Wildman–Crippen LogP) is 4.84. The van der Waals surface area contributed by atoms with Gasteiger partial charge in [0.2, 0.25) is 5.95 Å². The summed E-state index contributed by atoms with van der Waals surface area (Å²) in [5.74, 6) is -3.54. The molecule has 0 amide bonds. The Labute approximate surface area is 252 Å². The number of aliphatic carboxylic acids is 2. The Balaban J connectivity index is 0.000000317. The van der Waals surface area contributed by atoms with Crippen LogP contribution in [0.2, 0.25) is 0 Å². The smallest absolute Gasteiger partial charge is 0.475 e. The van der Waals surface area contributed by atoms with Crippen LogP contribution in [0.4, 0.5) is 32.3 Å². The van der Waals surface area contributed by atoms with E-state index < -0.39 is 24.3 Å². The molecule has 44 heavy (non-hydrogen) atoms. The van der Waals surface area contributed by atoms with Gasteiger partial charge >= 0.3 is 24.3 Å². The van der Waals surface area contributed by atoms with Crippen molar-refractivity contribution in [3.05, 3.63) is 52.3 Å². The highest BCUT2D eigenvalue weighted by atomic mass is 32.1. The number of halogens is 6. The molecule has 1 fully saturated rings. The normalized spacial score (nSPS) is 16.5. The van der Waals surface area contributed by atoms with E-state index in [0.29, 0.717) is 6.04 Å². The Bertz CT molecular complexity index is 1370. The van der Waals surface area contributed by atoms with Crippen molar-refractivity contribution in [1.82, 2.24) is 29.4 Å². The third-order valence-electron chi connectivity index (χ3n) is 6.99. The van der Waals surface area contributed by atoms with Crippen molar-refractivity contribution in [2.24, 2.45) is 0 Å². The van der Waals surface area contributed by atoms with E-state index in [1.165, 1.54) is 16.4 Å². The van der Waals surface area contributed by atoms with Crippen LogP contribution in [-0.4, -0.2) is 83.5 Å². The number of aryl methyl sites for hydroxylation is 1. The molecule has 0 bridgehead atoms. The highest BCUT2D eigenvalue weighted by molar-refractivity contribution is 7.09. The van der Waals surface area contributed by atoms with Gasteiger partial charge in [-0.1, -0.05) is 0 Å². The van der Waals surface area contributed by atoms with Gasteiger partial charge < -0.3 is 19.7 Å². The molecule has 0 aliphatic carbocycles. The lowest BCUT2D eigenvalue weighted by Gasteiger charge is -2.47. The molecule has 2 aliphatic heterocycles. The minimum Gasteiger partial charge on any atom is -0.475 e. The Morgan fingerprint density at radius 1 is 0.977 bits per heavy atom. The van der Waals surface area contributed by atoms with Gasteiger partial charge in [-0.05, 0) is 39.7 Å². The maximum absolute atomic E-state index is 10.6. The van der Waals surface area contributed by atoms with Crippen LogP contribution in [0, 0.1) is 6.92 Å². The summed E-state index contributed by atoms with van der Waals surface area (Å²) in [5, 5.41) is 17.5. The second-order valence-electron chi connectivity index (χ2n) is 10.4. The Kier molecular flexibility index (Phi) is 10.9. The SMILES string of the molecule is Cc1nc2c(n1C(C)C)CN(Cc1nccs1)CC21CCN(c2ncccn2)CC1.O=C(O)C(F)(F)F.O=C(O)C(F)(F)F. The molecule has 18 heteroatoms. The first-order valence-corrected chi connectivity index (χ1v) is 14.1. The zero-order valence-corrected chi connectivity index (χ0v) is 24.7. The van der Waals surface area contributed by atoms with Crippen LogP contribution in [0.3, 0.4) is 0 Å². The predicted molar refractivity (Wildman–Crippen MR) is 146 cm³/mol. The fourth-order valence-electron chi connectivity index (χ4n) is 5.24. The lowest BCUT2D eigenvalue weighted by Crippen LogP contribution is -2.52. The van der Waals surface area contributed by atoms with E-state index in [9.17, 15) is 26.3 Å². The van der Waals surface area contributed by atoms with Crippen LogP contribution in [-0.2, 0) is 28.1 Å². The molecule has 1 spiro atoms. The van der Waals surface area contributed by atoms with Crippen LogP contribution in [0.1, 0.15) is 55.0 Å². The monoisotopic (exact) mass is 651 g/mol. The number of anilines is 1. The largest absolute Gasteiger partial charge is 0.490 e. The van der Waals surface area contributed by atoms with Gasteiger partial charge in [0.1, 0.15) is 10.8 Å². The number of piperidine rings is 1. The van der Waals surface area contributed by atoms with E-state index >= 15 is 0 Å². The summed E-state index contributed by atoms with van der Waals surface area (Å²) in [6.07, 6.45) is -2.46. The van der Waals surface area contributed by atoms with E-state index in [2.05, 4.69) is 55.5 Å². The van der Waals surface area contributed by atoms with Crippen molar-refractivity contribution in [3.8, 4) is 0 Å². The highest BCUT2D eigenvalue weighted by Gasteiger charge is 2.46. The third-order valence-corrected chi connectivity index (χ3v) is 7.75. The molecule has 3 aromatic heterocycles. The zero-order valence-electron chi connectivity index (χ0n) is 23.9. The molecule has 3 aromatic rings. The number of nitrogens with zero attached hydrogens (tertiary/aromatic N) is 7. The summed E-state index contributed by atoms with van der Waals surface area (Å²) in [5.41, 5.74) is 2.81. The van der Waals surface area contributed by atoms with Gasteiger partial charge in [0, 0.05) is 61.6 Å². The lowest BCUT2D eigenvalue weighted by atomic mass is 9.72. The van der Waals surface area contributed by atoms with E-state index in [-0.39, 0.29) is 5.41 Å². The van der Waals surface area contributed by atoms with Crippen molar-refractivity contribution >= 4 is 29.2 Å². The molecule has 0 saturated carbocycles. The van der Waals surface area contributed by atoms with Crippen LogP contribution >= 0.6 is 11.3 Å². The molecule has 2 N–H and O–H groups in total. The van der Waals surface area contributed by atoms with Gasteiger partial charge in [-0.25, -0.2) is 29.5 Å². The van der Waals surface area contributed by atoms with Crippen molar-refractivity contribution in [3.63, 3.8) is 0 Å². The summed E-state index contributed by atoms with van der Waals surface area (Å²) in [6, 6.07) is 2.29. The van der Waals surface area contributed by atoms with Crippen LogP contribution in [0.5, 0.6) is 0 Å². The summed E-state index contributed by atoms with van der Waals surface area (Å²) >= 11 is 1.75. The Morgan fingerprint density at radius 2 is 1.52 bits per heavy atom. The number of carboxylic acids is 2. The first-order chi connectivity index (χ1) is 20.4. The van der Waals surface area contributed by atoms with E-state index in [0.717, 1.165) is 57.3 Å². The van der Waals surface area contributed by atoms with Gasteiger partial charge in [0.15, 0.2) is 0 Å². The summed E-state index contributed by atoms with van der Waals surface area (Å²) in [4.78, 5) is 41.3. The Morgan fingerprint density at radius 3 is 1.98 bits per heavy atom. The lowest BCUT2D eigenvalue weighted by molar-refractivity contribution is -0.193. The second kappa shape index (κ2) is 13.9. The van der Waals surface area contributed by atoms with Crippen LogP contribution in [0.25, 0.3) is 0 Å². The zero-order chi connectivity index (χ0) is 32.9.